The first-order valence-electron chi connectivity index (χ1n) is 7.64. The van der Waals surface area contributed by atoms with Gasteiger partial charge in [-0.3, -0.25) is 0 Å². The minimum absolute atomic E-state index is 0.356. The molecule has 0 spiro atoms. The molecule has 0 radical (unpaired) electrons. The zero-order chi connectivity index (χ0) is 14.5. The summed E-state index contributed by atoms with van der Waals surface area (Å²) in [5.41, 5.74) is 3.77. The maximum Gasteiger partial charge on any atom is 0.0994 e. The van der Waals surface area contributed by atoms with Crippen molar-refractivity contribution in [2.24, 2.45) is 16.7 Å². The summed E-state index contributed by atoms with van der Waals surface area (Å²) >= 11 is 0. The predicted molar refractivity (Wildman–Crippen MR) is 82.5 cm³/mol. The number of benzene rings is 1. The fourth-order valence-electron chi connectivity index (χ4n) is 4.71. The lowest BCUT2D eigenvalue weighted by molar-refractivity contribution is 0.155. The van der Waals surface area contributed by atoms with Crippen molar-refractivity contribution >= 4 is 5.69 Å². The largest absolute Gasteiger partial charge is 0.381 e. The predicted octanol–water partition coefficient (Wildman–Crippen LogP) is 4.49. The highest BCUT2D eigenvalue weighted by atomic mass is 15.0. The van der Waals surface area contributed by atoms with E-state index in [0.29, 0.717) is 16.9 Å². The van der Waals surface area contributed by atoms with Crippen molar-refractivity contribution in [3.63, 3.8) is 0 Å². The second kappa shape index (κ2) is 4.25. The van der Waals surface area contributed by atoms with Crippen molar-refractivity contribution < 1.29 is 0 Å². The molecule has 2 aliphatic rings. The van der Waals surface area contributed by atoms with E-state index in [0.717, 1.165) is 22.7 Å². The second-order valence-corrected chi connectivity index (χ2v) is 7.63. The van der Waals surface area contributed by atoms with E-state index in [1.54, 1.807) is 0 Å². The zero-order valence-corrected chi connectivity index (χ0v) is 13.0. The molecule has 1 aromatic carbocycles. The highest BCUT2D eigenvalue weighted by molar-refractivity contribution is 5.53. The summed E-state index contributed by atoms with van der Waals surface area (Å²) in [4.78, 5) is 0. The molecule has 2 nitrogen and oxygen atoms in total. The van der Waals surface area contributed by atoms with Gasteiger partial charge in [-0.25, -0.2) is 0 Å². The summed E-state index contributed by atoms with van der Waals surface area (Å²) in [6.45, 7) is 9.28. The summed E-state index contributed by atoms with van der Waals surface area (Å²) in [6, 6.07) is 8.87. The minimum Gasteiger partial charge on any atom is -0.381 e. The van der Waals surface area contributed by atoms with Crippen molar-refractivity contribution in [2.45, 2.75) is 53.0 Å². The van der Waals surface area contributed by atoms with Gasteiger partial charge >= 0.3 is 0 Å². The Hall–Kier alpha value is -1.49. The van der Waals surface area contributed by atoms with Gasteiger partial charge in [0, 0.05) is 11.7 Å². The number of rotatable bonds is 2. The minimum atomic E-state index is 0.356. The summed E-state index contributed by atoms with van der Waals surface area (Å²) < 4.78 is 0. The number of hydrogen-bond acceptors (Lipinski definition) is 2. The Morgan fingerprint density at radius 2 is 2.05 bits per heavy atom. The third-order valence-electron chi connectivity index (χ3n) is 5.93. The van der Waals surface area contributed by atoms with Crippen LogP contribution in [0.2, 0.25) is 0 Å². The van der Waals surface area contributed by atoms with Gasteiger partial charge in [-0.05, 0) is 66.7 Å². The Morgan fingerprint density at radius 1 is 1.30 bits per heavy atom. The van der Waals surface area contributed by atoms with Crippen LogP contribution in [0.15, 0.2) is 18.2 Å². The van der Waals surface area contributed by atoms with Crippen LogP contribution in [0.5, 0.6) is 0 Å². The first kappa shape index (κ1) is 13.5. The molecular formula is C18H24N2. The van der Waals surface area contributed by atoms with Gasteiger partial charge in [-0.1, -0.05) is 20.8 Å². The maximum atomic E-state index is 9.03. The molecule has 20 heavy (non-hydrogen) atoms. The number of nitrogens with one attached hydrogen (secondary N) is 1. The van der Waals surface area contributed by atoms with Gasteiger partial charge in [0.2, 0.25) is 0 Å². The van der Waals surface area contributed by atoms with Crippen LogP contribution in [-0.4, -0.2) is 6.04 Å². The van der Waals surface area contributed by atoms with E-state index < -0.39 is 0 Å². The number of hydrogen-bond donors (Lipinski definition) is 1. The maximum absolute atomic E-state index is 9.03. The van der Waals surface area contributed by atoms with Crippen LogP contribution in [0.3, 0.4) is 0 Å². The van der Waals surface area contributed by atoms with E-state index in [2.05, 4.69) is 44.3 Å². The molecule has 2 heteroatoms. The molecule has 0 amide bonds. The van der Waals surface area contributed by atoms with Crippen molar-refractivity contribution in [1.82, 2.24) is 0 Å². The molecule has 2 saturated carbocycles. The van der Waals surface area contributed by atoms with E-state index in [1.165, 1.54) is 19.3 Å². The van der Waals surface area contributed by atoms with Gasteiger partial charge in [-0.15, -0.1) is 0 Å². The van der Waals surface area contributed by atoms with Gasteiger partial charge in [-0.2, -0.15) is 5.26 Å². The molecule has 3 atom stereocenters. The van der Waals surface area contributed by atoms with E-state index in [4.69, 9.17) is 5.26 Å². The molecule has 0 saturated heterocycles. The fraction of sp³-hybridized carbons (Fsp3) is 0.611. The molecular weight excluding hydrogens is 244 g/mol. The number of fused-ring (bicyclic) bond motifs is 2. The molecule has 3 rings (SSSR count). The van der Waals surface area contributed by atoms with Crippen LogP contribution in [-0.2, 0) is 0 Å². The number of nitrogens with zero attached hydrogens (tertiary/aromatic N) is 1. The molecule has 2 bridgehead atoms. The molecule has 3 unspecified atom stereocenters. The third kappa shape index (κ3) is 1.84. The van der Waals surface area contributed by atoms with Gasteiger partial charge in [0.1, 0.15) is 0 Å². The van der Waals surface area contributed by atoms with Crippen LogP contribution >= 0.6 is 0 Å². The topological polar surface area (TPSA) is 35.8 Å². The van der Waals surface area contributed by atoms with Crippen LogP contribution in [0, 0.1) is 35.0 Å². The van der Waals surface area contributed by atoms with Gasteiger partial charge in [0.05, 0.1) is 11.6 Å². The third-order valence-corrected chi connectivity index (χ3v) is 5.93. The Bertz CT molecular complexity index is 577. The SMILES string of the molecule is Cc1cc(NC2C3(C)CCC(C3)C2(C)C)ccc1C#N. The standard InChI is InChI=1S/C18H24N2/c1-12-9-15(6-5-13(12)11-19)20-16-17(2,3)14-7-8-18(16,4)10-14/h5-6,9,14,16,20H,7-8,10H2,1-4H3. The first-order valence-corrected chi connectivity index (χ1v) is 7.64. The molecule has 0 aliphatic heterocycles. The highest BCUT2D eigenvalue weighted by Gasteiger charge is 2.59. The van der Waals surface area contributed by atoms with E-state index >= 15 is 0 Å². The summed E-state index contributed by atoms with van der Waals surface area (Å²) in [7, 11) is 0. The molecule has 1 N–H and O–H groups in total. The van der Waals surface area contributed by atoms with E-state index in [9.17, 15) is 0 Å². The van der Waals surface area contributed by atoms with Crippen LogP contribution in [0.1, 0.15) is 51.2 Å². The smallest absolute Gasteiger partial charge is 0.0994 e. The number of nitriles is 1. The van der Waals surface area contributed by atoms with Crippen LogP contribution in [0.25, 0.3) is 0 Å². The molecule has 1 aromatic rings. The van der Waals surface area contributed by atoms with Gasteiger partial charge in [0.15, 0.2) is 0 Å². The Morgan fingerprint density at radius 3 is 2.60 bits per heavy atom. The quantitative estimate of drug-likeness (QED) is 0.857. The first-order chi connectivity index (χ1) is 9.37. The second-order valence-electron chi connectivity index (χ2n) is 7.63. The van der Waals surface area contributed by atoms with Crippen LogP contribution < -0.4 is 5.32 Å². The lowest BCUT2D eigenvalue weighted by Crippen LogP contribution is -2.45. The Balaban J connectivity index is 1.88. The van der Waals surface area contributed by atoms with E-state index in [-0.39, 0.29) is 0 Å². The molecule has 2 aliphatic carbocycles. The summed E-state index contributed by atoms with van der Waals surface area (Å²) in [5, 5.41) is 12.8. The average Bonchev–Trinajstić information content (AvgIpc) is 2.86. The molecule has 2 fully saturated rings. The van der Waals surface area contributed by atoms with Crippen LogP contribution in [0.4, 0.5) is 5.69 Å². The Kier molecular flexibility index (Phi) is 2.87. The number of aryl methyl sites for hydroxylation is 1. The summed E-state index contributed by atoms with van der Waals surface area (Å²) in [6.07, 6.45) is 4.08. The van der Waals surface area contributed by atoms with Crippen molar-refractivity contribution in [2.75, 3.05) is 5.32 Å². The Labute approximate surface area is 122 Å². The molecule has 0 aromatic heterocycles. The normalized spacial score (nSPS) is 34.0. The van der Waals surface area contributed by atoms with Crippen molar-refractivity contribution in [3.05, 3.63) is 29.3 Å². The average molecular weight is 268 g/mol. The zero-order valence-electron chi connectivity index (χ0n) is 13.0. The fourth-order valence-corrected chi connectivity index (χ4v) is 4.71. The van der Waals surface area contributed by atoms with Gasteiger partial charge < -0.3 is 5.32 Å². The lowest BCUT2D eigenvalue weighted by Gasteiger charge is -2.43. The van der Waals surface area contributed by atoms with Crippen molar-refractivity contribution in [3.8, 4) is 6.07 Å². The summed E-state index contributed by atoms with van der Waals surface area (Å²) in [5.74, 6) is 0.851. The monoisotopic (exact) mass is 268 g/mol. The van der Waals surface area contributed by atoms with Crippen molar-refractivity contribution in [1.29, 1.82) is 5.26 Å². The lowest BCUT2D eigenvalue weighted by atomic mass is 9.68. The highest BCUT2D eigenvalue weighted by Crippen LogP contribution is 2.63. The molecule has 106 valence electrons. The van der Waals surface area contributed by atoms with E-state index in [1.807, 2.05) is 13.0 Å². The molecule has 0 heterocycles. The number of anilines is 1. The van der Waals surface area contributed by atoms with Gasteiger partial charge in [0.25, 0.3) is 0 Å².